The van der Waals surface area contributed by atoms with E-state index in [0.29, 0.717) is 5.88 Å². The fraction of sp³-hybridized carbons (Fsp3) is 0.786. The first kappa shape index (κ1) is 14.3. The van der Waals surface area contributed by atoms with Crippen LogP contribution in [0.4, 0.5) is 0 Å². The lowest BCUT2D eigenvalue weighted by atomic mass is 10.2. The molecule has 1 saturated carbocycles. The Balaban J connectivity index is 1.62. The van der Waals surface area contributed by atoms with Gasteiger partial charge in [-0.1, -0.05) is 6.92 Å². The number of unbranched alkanes of at least 4 members (excludes halogenated alkanes) is 1. The van der Waals surface area contributed by atoms with Crippen LogP contribution in [0.1, 0.15) is 49.7 Å². The predicted octanol–water partition coefficient (Wildman–Crippen LogP) is 4.08. The van der Waals surface area contributed by atoms with Crippen molar-refractivity contribution in [3.05, 3.63) is 16.1 Å². The Labute approximate surface area is 119 Å². The Hall–Kier alpha value is -0.120. The maximum atomic E-state index is 5.76. The smallest absolute Gasteiger partial charge is 0.0928 e. The molecule has 18 heavy (non-hydrogen) atoms. The third-order valence-corrected chi connectivity index (χ3v) is 4.63. The van der Waals surface area contributed by atoms with E-state index in [-0.39, 0.29) is 0 Å². The van der Waals surface area contributed by atoms with Gasteiger partial charge in [0, 0.05) is 11.4 Å². The fourth-order valence-corrected chi connectivity index (χ4v) is 3.39. The average Bonchev–Trinajstić information content (AvgIpc) is 3.12. The Morgan fingerprint density at radius 2 is 2.22 bits per heavy atom. The van der Waals surface area contributed by atoms with Crippen molar-refractivity contribution in [2.24, 2.45) is 0 Å². The van der Waals surface area contributed by atoms with Crippen LogP contribution in [-0.2, 0) is 12.3 Å². The van der Waals surface area contributed by atoms with Crippen molar-refractivity contribution in [1.82, 2.24) is 9.88 Å². The number of nitrogens with zero attached hydrogens (tertiary/aromatic N) is 2. The van der Waals surface area contributed by atoms with Crippen molar-refractivity contribution >= 4 is 22.9 Å². The molecule has 102 valence electrons. The van der Waals surface area contributed by atoms with Crippen molar-refractivity contribution < 1.29 is 0 Å². The number of halogens is 1. The normalized spacial score (nSPS) is 15.5. The highest BCUT2D eigenvalue weighted by Crippen LogP contribution is 2.27. The molecular formula is C14H23ClN2S. The SMILES string of the molecule is CCCN(CCCCc1nc(CCl)cs1)C1CC1. The van der Waals surface area contributed by atoms with Crippen LogP contribution in [0.15, 0.2) is 5.38 Å². The molecule has 0 radical (unpaired) electrons. The van der Waals surface area contributed by atoms with Crippen molar-refractivity contribution in [3.63, 3.8) is 0 Å². The van der Waals surface area contributed by atoms with Gasteiger partial charge in [-0.2, -0.15) is 0 Å². The third kappa shape index (κ3) is 4.52. The molecule has 0 atom stereocenters. The average molecular weight is 287 g/mol. The summed E-state index contributed by atoms with van der Waals surface area (Å²) in [5, 5.41) is 3.33. The molecule has 4 heteroatoms. The monoisotopic (exact) mass is 286 g/mol. The molecule has 1 aliphatic rings. The van der Waals surface area contributed by atoms with E-state index in [9.17, 15) is 0 Å². The summed E-state index contributed by atoms with van der Waals surface area (Å²) in [6.45, 7) is 4.82. The molecule has 2 rings (SSSR count). The van der Waals surface area contributed by atoms with Crippen LogP contribution in [0.2, 0.25) is 0 Å². The van der Waals surface area contributed by atoms with Gasteiger partial charge in [0.2, 0.25) is 0 Å². The lowest BCUT2D eigenvalue weighted by molar-refractivity contribution is 0.258. The zero-order valence-corrected chi connectivity index (χ0v) is 12.8. The van der Waals surface area contributed by atoms with Crippen molar-refractivity contribution in [2.45, 2.75) is 57.4 Å². The van der Waals surface area contributed by atoms with Gasteiger partial charge in [0.05, 0.1) is 16.6 Å². The number of hydrogen-bond donors (Lipinski definition) is 0. The van der Waals surface area contributed by atoms with Gasteiger partial charge < -0.3 is 4.90 Å². The van der Waals surface area contributed by atoms with E-state index in [0.717, 1.165) is 18.2 Å². The van der Waals surface area contributed by atoms with Crippen molar-refractivity contribution in [2.75, 3.05) is 13.1 Å². The molecule has 0 saturated heterocycles. The number of thiazole rings is 1. The van der Waals surface area contributed by atoms with E-state index in [1.54, 1.807) is 11.3 Å². The summed E-state index contributed by atoms with van der Waals surface area (Å²) in [4.78, 5) is 7.17. The van der Waals surface area contributed by atoms with Gasteiger partial charge in [-0.3, -0.25) is 0 Å². The lowest BCUT2D eigenvalue weighted by Crippen LogP contribution is -2.28. The van der Waals surface area contributed by atoms with Crippen LogP contribution in [0.5, 0.6) is 0 Å². The highest BCUT2D eigenvalue weighted by atomic mass is 35.5. The van der Waals surface area contributed by atoms with E-state index in [4.69, 9.17) is 11.6 Å². The summed E-state index contributed by atoms with van der Waals surface area (Å²) in [5.41, 5.74) is 1.03. The van der Waals surface area contributed by atoms with Crippen LogP contribution in [0.3, 0.4) is 0 Å². The minimum atomic E-state index is 0.544. The van der Waals surface area contributed by atoms with Gasteiger partial charge in [-0.05, 0) is 51.6 Å². The van der Waals surface area contributed by atoms with Crippen LogP contribution >= 0.6 is 22.9 Å². The largest absolute Gasteiger partial charge is 0.300 e. The maximum absolute atomic E-state index is 5.76. The quantitative estimate of drug-likeness (QED) is 0.502. The van der Waals surface area contributed by atoms with Crippen LogP contribution in [0.25, 0.3) is 0 Å². The molecule has 1 aromatic heterocycles. The minimum absolute atomic E-state index is 0.544. The summed E-state index contributed by atoms with van der Waals surface area (Å²) in [5.74, 6) is 0.544. The van der Waals surface area contributed by atoms with E-state index in [1.807, 2.05) is 0 Å². The van der Waals surface area contributed by atoms with Gasteiger partial charge >= 0.3 is 0 Å². The highest BCUT2D eigenvalue weighted by Gasteiger charge is 2.27. The summed E-state index contributed by atoms with van der Waals surface area (Å²) >= 11 is 7.51. The molecular weight excluding hydrogens is 264 g/mol. The first-order chi connectivity index (χ1) is 8.83. The van der Waals surface area contributed by atoms with Crippen LogP contribution in [-0.4, -0.2) is 29.0 Å². The van der Waals surface area contributed by atoms with Gasteiger partial charge in [0.1, 0.15) is 0 Å². The number of rotatable bonds is 9. The Morgan fingerprint density at radius 1 is 1.39 bits per heavy atom. The fourth-order valence-electron chi connectivity index (χ4n) is 2.32. The molecule has 1 aliphatic carbocycles. The van der Waals surface area contributed by atoms with E-state index < -0.39 is 0 Å². The number of aryl methyl sites for hydroxylation is 1. The molecule has 0 bridgehead atoms. The molecule has 0 spiro atoms. The molecule has 0 aliphatic heterocycles. The number of alkyl halides is 1. The maximum Gasteiger partial charge on any atom is 0.0928 e. The minimum Gasteiger partial charge on any atom is -0.300 e. The first-order valence-electron chi connectivity index (χ1n) is 7.06. The topological polar surface area (TPSA) is 16.1 Å². The Morgan fingerprint density at radius 3 is 2.83 bits per heavy atom. The van der Waals surface area contributed by atoms with Crippen LogP contribution in [0, 0.1) is 0 Å². The van der Waals surface area contributed by atoms with E-state index in [1.165, 1.54) is 50.2 Å². The molecule has 1 heterocycles. The van der Waals surface area contributed by atoms with Gasteiger partial charge in [0.25, 0.3) is 0 Å². The second-order valence-corrected chi connectivity index (χ2v) is 6.30. The van der Waals surface area contributed by atoms with E-state index >= 15 is 0 Å². The van der Waals surface area contributed by atoms with Gasteiger partial charge in [0.15, 0.2) is 0 Å². The first-order valence-corrected chi connectivity index (χ1v) is 8.48. The van der Waals surface area contributed by atoms with Crippen molar-refractivity contribution in [1.29, 1.82) is 0 Å². The second kappa shape index (κ2) is 7.46. The molecule has 0 N–H and O–H groups in total. The molecule has 0 amide bonds. The second-order valence-electron chi connectivity index (χ2n) is 5.09. The molecule has 1 fully saturated rings. The molecule has 1 aromatic rings. The molecule has 2 nitrogen and oxygen atoms in total. The predicted molar refractivity (Wildman–Crippen MR) is 79.5 cm³/mol. The molecule has 0 aromatic carbocycles. The molecule has 0 unspecified atom stereocenters. The number of hydrogen-bond acceptors (Lipinski definition) is 3. The van der Waals surface area contributed by atoms with Crippen LogP contribution < -0.4 is 0 Å². The summed E-state index contributed by atoms with van der Waals surface area (Å²) < 4.78 is 0. The van der Waals surface area contributed by atoms with Crippen molar-refractivity contribution in [3.8, 4) is 0 Å². The standard InChI is InChI=1S/C14H23ClN2S/c1-2-8-17(13-6-7-13)9-4-3-5-14-16-12(10-15)11-18-14/h11,13H,2-10H2,1H3. The summed E-state index contributed by atoms with van der Waals surface area (Å²) in [6, 6.07) is 0.910. The zero-order valence-electron chi connectivity index (χ0n) is 11.2. The summed E-state index contributed by atoms with van der Waals surface area (Å²) in [7, 11) is 0. The highest BCUT2D eigenvalue weighted by molar-refractivity contribution is 7.09. The Kier molecular flexibility index (Phi) is 5.93. The van der Waals surface area contributed by atoms with Gasteiger partial charge in [-0.15, -0.1) is 22.9 Å². The van der Waals surface area contributed by atoms with E-state index in [2.05, 4.69) is 22.2 Å². The Bertz CT molecular complexity index is 349. The lowest BCUT2D eigenvalue weighted by Gasteiger charge is -2.20. The van der Waals surface area contributed by atoms with Gasteiger partial charge in [-0.25, -0.2) is 4.98 Å². The zero-order chi connectivity index (χ0) is 12.8. The third-order valence-electron chi connectivity index (χ3n) is 3.40. The number of aromatic nitrogens is 1. The summed E-state index contributed by atoms with van der Waals surface area (Å²) in [6.07, 6.45) is 7.79.